The minimum Gasteiger partial charge on any atom is -0.457 e. The van der Waals surface area contributed by atoms with Crippen LogP contribution >= 0.6 is 7.82 Å². The molecule has 0 rings (SSSR count). The molecule has 0 aliphatic rings. The van der Waals surface area contributed by atoms with E-state index in [0.717, 1.165) is 96.3 Å². The molecule has 0 saturated heterocycles. The Bertz CT molecular complexity index is 1110. The molecule has 0 aromatic heterocycles. The van der Waals surface area contributed by atoms with Gasteiger partial charge >= 0.3 is 13.8 Å². The van der Waals surface area contributed by atoms with Crippen LogP contribution in [0.1, 0.15) is 155 Å². The number of hydrogen-bond acceptors (Lipinski definition) is 6. The van der Waals surface area contributed by atoms with E-state index >= 15 is 0 Å². The molecule has 55 heavy (non-hydrogen) atoms. The summed E-state index contributed by atoms with van der Waals surface area (Å²) in [5.41, 5.74) is 0. The van der Waals surface area contributed by atoms with Crippen molar-refractivity contribution in [2.75, 3.05) is 54.1 Å². The second kappa shape index (κ2) is 38.8. The van der Waals surface area contributed by atoms with E-state index in [9.17, 15) is 14.3 Å². The summed E-state index contributed by atoms with van der Waals surface area (Å²) in [5.74, 6) is -0.336. The van der Waals surface area contributed by atoms with Crippen LogP contribution in [-0.2, 0) is 27.9 Å². The predicted octanol–water partition coefficient (Wildman–Crippen LogP) is 12.7. The quantitative estimate of drug-likeness (QED) is 0.0218. The highest BCUT2D eigenvalue weighted by Gasteiger charge is 2.26. The molecule has 318 valence electrons. The fraction of sp³-hybridized carbons (Fsp3) is 0.717. The maximum Gasteiger partial charge on any atom is 0.472 e. The van der Waals surface area contributed by atoms with Gasteiger partial charge in [-0.25, -0.2) is 4.57 Å². The van der Waals surface area contributed by atoms with Crippen LogP contribution in [0.4, 0.5) is 0 Å². The van der Waals surface area contributed by atoms with Gasteiger partial charge in [0, 0.05) is 13.0 Å². The highest BCUT2D eigenvalue weighted by molar-refractivity contribution is 7.47. The molecule has 2 unspecified atom stereocenters. The van der Waals surface area contributed by atoms with E-state index in [1.54, 1.807) is 0 Å². The molecule has 0 saturated carbocycles. The van der Waals surface area contributed by atoms with E-state index in [2.05, 4.69) is 86.8 Å². The average molecular weight is 793 g/mol. The number of hydrogen-bond donors (Lipinski definition) is 1. The first-order valence-corrected chi connectivity index (χ1v) is 23.2. The molecular weight excluding hydrogens is 709 g/mol. The standard InChI is InChI=1S/C46H82NO7P/c1-6-8-10-12-14-16-18-20-21-22-23-24-25-26-28-30-32-34-36-38-41-51-43-45(44-53-55(49,50)52-42-40-47(3,4)5)54-46(48)39-37-35-33-31-29-27-19-17-15-13-11-9-7-2/h8,10,14,16-17,19-21,23-24,26,28,45H,6-7,9,11-13,15,18,22,25,27,29-44H2,1-5H3/p+1/b10-8-,16-14-,19-17-,21-20-,24-23-,28-26-. The maximum atomic E-state index is 12.7. The molecule has 0 bridgehead atoms. The summed E-state index contributed by atoms with van der Waals surface area (Å²) >= 11 is 0. The van der Waals surface area contributed by atoms with Crippen LogP contribution in [0, 0.1) is 0 Å². The van der Waals surface area contributed by atoms with Gasteiger partial charge in [0.15, 0.2) is 0 Å². The van der Waals surface area contributed by atoms with Gasteiger partial charge in [-0.3, -0.25) is 13.8 Å². The zero-order valence-corrected chi connectivity index (χ0v) is 36.8. The lowest BCUT2D eigenvalue weighted by Crippen LogP contribution is -2.37. The minimum atomic E-state index is -4.29. The summed E-state index contributed by atoms with van der Waals surface area (Å²) < 4.78 is 34.9. The molecule has 0 heterocycles. The van der Waals surface area contributed by atoms with E-state index < -0.39 is 13.9 Å². The number of nitrogens with zero attached hydrogens (tertiary/aromatic N) is 1. The molecule has 0 fully saturated rings. The lowest BCUT2D eigenvalue weighted by atomic mass is 10.1. The Labute approximate surface area is 338 Å². The molecule has 0 aromatic carbocycles. The van der Waals surface area contributed by atoms with Crippen LogP contribution in [-0.4, -0.2) is 75.6 Å². The Morgan fingerprint density at radius 3 is 1.60 bits per heavy atom. The van der Waals surface area contributed by atoms with Crippen LogP contribution in [0.25, 0.3) is 0 Å². The number of allylic oxidation sites excluding steroid dienone is 12. The van der Waals surface area contributed by atoms with E-state index in [0.29, 0.717) is 24.1 Å². The first kappa shape index (κ1) is 52.9. The van der Waals surface area contributed by atoms with E-state index in [1.807, 2.05) is 21.1 Å². The Morgan fingerprint density at radius 1 is 0.582 bits per heavy atom. The number of likely N-dealkylation sites (N-methyl/N-ethyl adjacent to an activating group) is 1. The number of quaternary nitrogens is 1. The summed E-state index contributed by atoms with van der Waals surface area (Å²) in [6.45, 7) is 5.40. The van der Waals surface area contributed by atoms with Crippen LogP contribution in [0.2, 0.25) is 0 Å². The normalized spacial score (nSPS) is 14.5. The summed E-state index contributed by atoms with van der Waals surface area (Å²) in [4.78, 5) is 22.8. The van der Waals surface area contributed by atoms with E-state index in [1.165, 1.54) is 38.5 Å². The van der Waals surface area contributed by atoms with Crippen molar-refractivity contribution >= 4 is 13.8 Å². The third kappa shape index (κ3) is 42.9. The minimum absolute atomic E-state index is 0.0780. The molecule has 1 N–H and O–H groups in total. The number of carbonyl (C=O) groups is 1. The Hall–Kier alpha value is -2.06. The largest absolute Gasteiger partial charge is 0.472 e. The van der Waals surface area contributed by atoms with Crippen LogP contribution in [0.15, 0.2) is 72.9 Å². The smallest absolute Gasteiger partial charge is 0.457 e. The number of carbonyl (C=O) groups excluding carboxylic acids is 1. The second-order valence-corrected chi connectivity index (χ2v) is 16.8. The Morgan fingerprint density at radius 2 is 1.05 bits per heavy atom. The molecule has 0 amide bonds. The summed E-state index contributed by atoms with van der Waals surface area (Å²) in [6.07, 6.45) is 49.3. The third-order valence-corrected chi connectivity index (χ3v) is 9.74. The van der Waals surface area contributed by atoms with Gasteiger partial charge in [-0.15, -0.1) is 0 Å². The van der Waals surface area contributed by atoms with Gasteiger partial charge in [0.1, 0.15) is 19.3 Å². The lowest BCUT2D eigenvalue weighted by molar-refractivity contribution is -0.870. The number of phosphoric acid groups is 1. The number of esters is 1. The van der Waals surface area contributed by atoms with E-state index in [4.69, 9.17) is 18.5 Å². The van der Waals surface area contributed by atoms with Crippen molar-refractivity contribution in [3.8, 4) is 0 Å². The number of phosphoric ester groups is 1. The lowest BCUT2D eigenvalue weighted by Gasteiger charge is -2.24. The van der Waals surface area contributed by atoms with Crippen molar-refractivity contribution < 1.29 is 37.3 Å². The topological polar surface area (TPSA) is 91.3 Å². The van der Waals surface area contributed by atoms with Gasteiger partial charge in [-0.2, -0.15) is 0 Å². The molecule has 2 atom stereocenters. The van der Waals surface area contributed by atoms with Gasteiger partial charge in [0.05, 0.1) is 34.4 Å². The second-order valence-electron chi connectivity index (χ2n) is 15.3. The molecule has 8 nitrogen and oxygen atoms in total. The monoisotopic (exact) mass is 793 g/mol. The molecule has 0 aliphatic carbocycles. The first-order valence-electron chi connectivity index (χ1n) is 21.7. The molecule has 0 spiro atoms. The molecule has 0 radical (unpaired) electrons. The van der Waals surface area contributed by atoms with Crippen LogP contribution in [0.3, 0.4) is 0 Å². The van der Waals surface area contributed by atoms with Gasteiger partial charge in [-0.05, 0) is 83.5 Å². The maximum absolute atomic E-state index is 12.7. The van der Waals surface area contributed by atoms with Gasteiger partial charge in [0.25, 0.3) is 0 Å². The third-order valence-electron chi connectivity index (χ3n) is 8.75. The summed E-state index contributed by atoms with van der Waals surface area (Å²) in [5, 5.41) is 0. The van der Waals surface area contributed by atoms with Gasteiger partial charge < -0.3 is 18.9 Å². The summed E-state index contributed by atoms with van der Waals surface area (Å²) in [7, 11) is 1.63. The Balaban J connectivity index is 4.31. The molecule has 0 aliphatic heterocycles. The number of ether oxygens (including phenoxy) is 2. The van der Waals surface area contributed by atoms with Crippen molar-refractivity contribution in [2.45, 2.75) is 161 Å². The van der Waals surface area contributed by atoms with Crippen molar-refractivity contribution in [3.05, 3.63) is 72.9 Å². The first-order chi connectivity index (χ1) is 26.6. The van der Waals surface area contributed by atoms with Crippen LogP contribution in [0.5, 0.6) is 0 Å². The van der Waals surface area contributed by atoms with Gasteiger partial charge in [0.2, 0.25) is 0 Å². The van der Waals surface area contributed by atoms with Crippen molar-refractivity contribution in [1.82, 2.24) is 0 Å². The fourth-order valence-electron chi connectivity index (χ4n) is 5.40. The average Bonchev–Trinajstić information content (AvgIpc) is 3.13. The van der Waals surface area contributed by atoms with Crippen molar-refractivity contribution in [2.24, 2.45) is 0 Å². The SMILES string of the molecule is CC/C=C\C/C=C\C/C=C\C/C=C\C/C=C\CCCCCCOCC(COP(=O)(O)OCC[N+](C)(C)C)OC(=O)CCCCCCC/C=C\CCCCCC. The Kier molecular flexibility index (Phi) is 37.3. The zero-order valence-electron chi connectivity index (χ0n) is 35.9. The van der Waals surface area contributed by atoms with Crippen molar-refractivity contribution in [1.29, 1.82) is 0 Å². The molecule has 0 aromatic rings. The number of rotatable bonds is 39. The fourth-order valence-corrected chi connectivity index (χ4v) is 6.14. The molecular formula is C46H83NO7P+. The van der Waals surface area contributed by atoms with Crippen LogP contribution < -0.4 is 0 Å². The highest BCUT2D eigenvalue weighted by atomic mass is 31.2. The summed E-state index contributed by atoms with van der Waals surface area (Å²) in [6, 6.07) is 0. The predicted molar refractivity (Wildman–Crippen MR) is 233 cm³/mol. The van der Waals surface area contributed by atoms with E-state index in [-0.39, 0.29) is 25.8 Å². The van der Waals surface area contributed by atoms with Crippen molar-refractivity contribution in [3.63, 3.8) is 0 Å². The molecule has 9 heteroatoms. The zero-order chi connectivity index (χ0) is 40.6. The number of unbranched alkanes of at least 4 members (excludes halogenated alkanes) is 13. The van der Waals surface area contributed by atoms with Gasteiger partial charge in [-0.1, -0.05) is 138 Å². The highest BCUT2D eigenvalue weighted by Crippen LogP contribution is 2.43.